The van der Waals surface area contributed by atoms with E-state index in [9.17, 15) is 4.79 Å². The van der Waals surface area contributed by atoms with Crippen molar-refractivity contribution in [1.29, 1.82) is 0 Å². The number of nitrogens with zero attached hydrogens (tertiary/aromatic N) is 1. The minimum Gasteiger partial charge on any atom is -0.378 e. The molecule has 1 heterocycles. The van der Waals surface area contributed by atoms with E-state index in [-0.39, 0.29) is 18.0 Å². The van der Waals surface area contributed by atoms with Crippen molar-refractivity contribution in [3.8, 4) is 0 Å². The fraction of sp³-hybridized carbons (Fsp3) is 0.208. The first-order valence-electron chi connectivity index (χ1n) is 9.44. The van der Waals surface area contributed by atoms with Gasteiger partial charge in [-0.05, 0) is 56.2 Å². The van der Waals surface area contributed by atoms with Gasteiger partial charge >= 0.3 is 0 Å². The van der Waals surface area contributed by atoms with E-state index < -0.39 is 0 Å². The summed E-state index contributed by atoms with van der Waals surface area (Å²) in [6.45, 7) is 4.16. The first-order chi connectivity index (χ1) is 13.1. The number of hydrogen-bond acceptors (Lipinski definition) is 2. The fourth-order valence-electron chi connectivity index (χ4n) is 3.83. The summed E-state index contributed by atoms with van der Waals surface area (Å²) in [5.74, 6) is 0.0631. The predicted octanol–water partition coefficient (Wildman–Crippen LogP) is 5.59. The second-order valence-electron chi connectivity index (χ2n) is 7.25. The highest BCUT2D eigenvalue weighted by Crippen LogP contribution is 2.39. The Kier molecular flexibility index (Phi) is 4.68. The highest BCUT2D eigenvalue weighted by Gasteiger charge is 2.33. The third kappa shape index (κ3) is 3.45. The molecule has 3 heteroatoms. The van der Waals surface area contributed by atoms with Crippen LogP contribution in [0, 0.1) is 6.92 Å². The highest BCUT2D eigenvalue weighted by molar-refractivity contribution is 6.07. The molecule has 136 valence electrons. The van der Waals surface area contributed by atoms with Gasteiger partial charge in [0, 0.05) is 23.0 Å². The number of para-hydroxylation sites is 2. The molecule has 4 rings (SSSR count). The first kappa shape index (κ1) is 17.3. The van der Waals surface area contributed by atoms with Crippen LogP contribution in [-0.4, -0.2) is 11.9 Å². The summed E-state index contributed by atoms with van der Waals surface area (Å²) in [5.41, 5.74) is 5.15. The Morgan fingerprint density at radius 2 is 1.59 bits per heavy atom. The number of aryl methyl sites for hydroxylation is 1. The SMILES string of the molecule is Cc1ccc(C(=O)N2c3ccccc3[C@@H](Nc3ccccc3)C[C@@H]2C)cc1. The van der Waals surface area contributed by atoms with Crippen molar-refractivity contribution in [2.45, 2.75) is 32.4 Å². The molecule has 1 aliphatic rings. The summed E-state index contributed by atoms with van der Waals surface area (Å²) in [6.07, 6.45) is 0.865. The fourth-order valence-corrected chi connectivity index (χ4v) is 3.83. The van der Waals surface area contributed by atoms with E-state index in [4.69, 9.17) is 0 Å². The zero-order chi connectivity index (χ0) is 18.8. The third-order valence-corrected chi connectivity index (χ3v) is 5.22. The van der Waals surface area contributed by atoms with E-state index in [0.717, 1.165) is 28.9 Å². The van der Waals surface area contributed by atoms with Crippen LogP contribution < -0.4 is 10.2 Å². The second kappa shape index (κ2) is 7.28. The van der Waals surface area contributed by atoms with Crippen LogP contribution in [0.3, 0.4) is 0 Å². The van der Waals surface area contributed by atoms with Gasteiger partial charge in [-0.1, -0.05) is 54.1 Å². The second-order valence-corrected chi connectivity index (χ2v) is 7.25. The summed E-state index contributed by atoms with van der Waals surface area (Å²) in [5, 5.41) is 3.64. The molecule has 0 radical (unpaired) electrons. The quantitative estimate of drug-likeness (QED) is 0.664. The number of carbonyl (C=O) groups excluding carboxylic acids is 1. The standard InChI is InChI=1S/C24H24N2O/c1-17-12-14-19(15-13-17)24(27)26-18(2)16-22(21-10-6-7-11-23(21)26)25-20-8-4-3-5-9-20/h3-15,18,22,25H,16H2,1-2H3/t18-,22-/m0/s1. The van der Waals surface area contributed by atoms with Gasteiger partial charge in [-0.2, -0.15) is 0 Å². The van der Waals surface area contributed by atoms with Crippen LogP contribution in [0.1, 0.15) is 40.9 Å². The molecule has 0 bridgehead atoms. The Labute approximate surface area is 160 Å². The normalized spacial score (nSPS) is 18.7. The van der Waals surface area contributed by atoms with Gasteiger partial charge in [0.25, 0.3) is 5.91 Å². The maximum Gasteiger partial charge on any atom is 0.258 e. The number of nitrogens with one attached hydrogen (secondary N) is 1. The number of anilines is 2. The molecule has 1 N–H and O–H groups in total. The summed E-state index contributed by atoms with van der Waals surface area (Å²) in [7, 11) is 0. The Bertz CT molecular complexity index is 934. The first-order valence-corrected chi connectivity index (χ1v) is 9.44. The maximum absolute atomic E-state index is 13.3. The lowest BCUT2D eigenvalue weighted by Gasteiger charge is -2.40. The molecule has 1 amide bonds. The van der Waals surface area contributed by atoms with Crippen molar-refractivity contribution in [3.05, 3.63) is 95.6 Å². The predicted molar refractivity (Wildman–Crippen MR) is 111 cm³/mol. The number of carbonyl (C=O) groups is 1. The summed E-state index contributed by atoms with van der Waals surface area (Å²) >= 11 is 0. The Balaban J connectivity index is 1.68. The van der Waals surface area contributed by atoms with Gasteiger partial charge in [0.15, 0.2) is 0 Å². The molecule has 1 aliphatic heterocycles. The van der Waals surface area contributed by atoms with Gasteiger partial charge in [-0.25, -0.2) is 0 Å². The molecule has 0 unspecified atom stereocenters. The number of hydrogen-bond donors (Lipinski definition) is 1. The van der Waals surface area contributed by atoms with Crippen LogP contribution in [0.2, 0.25) is 0 Å². The van der Waals surface area contributed by atoms with Gasteiger partial charge in [0.05, 0.1) is 6.04 Å². The molecule has 0 aliphatic carbocycles. The molecule has 3 aromatic carbocycles. The lowest BCUT2D eigenvalue weighted by molar-refractivity contribution is 0.0974. The maximum atomic E-state index is 13.3. The van der Waals surface area contributed by atoms with Crippen molar-refractivity contribution >= 4 is 17.3 Å². The van der Waals surface area contributed by atoms with Crippen LogP contribution >= 0.6 is 0 Å². The summed E-state index contributed by atoms with van der Waals surface area (Å²) in [6, 6.07) is 26.6. The van der Waals surface area contributed by atoms with Crippen molar-refractivity contribution < 1.29 is 4.79 Å². The molecule has 0 aromatic heterocycles. The highest BCUT2D eigenvalue weighted by atomic mass is 16.2. The van der Waals surface area contributed by atoms with Crippen molar-refractivity contribution in [1.82, 2.24) is 0 Å². The molecule has 3 nitrogen and oxygen atoms in total. The molecule has 2 atom stereocenters. The molecule has 0 fully saturated rings. The van der Waals surface area contributed by atoms with Gasteiger partial charge in [0.1, 0.15) is 0 Å². The third-order valence-electron chi connectivity index (χ3n) is 5.22. The number of amides is 1. The van der Waals surface area contributed by atoms with Crippen LogP contribution in [-0.2, 0) is 0 Å². The van der Waals surface area contributed by atoms with Gasteiger partial charge in [-0.3, -0.25) is 4.79 Å². The smallest absolute Gasteiger partial charge is 0.258 e. The van der Waals surface area contributed by atoms with E-state index in [0.29, 0.717) is 0 Å². The number of rotatable bonds is 3. The van der Waals surface area contributed by atoms with E-state index in [2.05, 4.69) is 36.5 Å². The Morgan fingerprint density at radius 1 is 0.926 bits per heavy atom. The monoisotopic (exact) mass is 356 g/mol. The molecule has 0 saturated heterocycles. The van der Waals surface area contributed by atoms with E-state index in [1.54, 1.807) is 0 Å². The molecular weight excluding hydrogens is 332 g/mol. The van der Waals surface area contributed by atoms with Crippen molar-refractivity contribution in [2.24, 2.45) is 0 Å². The Morgan fingerprint density at radius 3 is 2.33 bits per heavy atom. The zero-order valence-corrected chi connectivity index (χ0v) is 15.7. The summed E-state index contributed by atoms with van der Waals surface area (Å²) < 4.78 is 0. The van der Waals surface area contributed by atoms with Gasteiger partial charge in [0.2, 0.25) is 0 Å². The van der Waals surface area contributed by atoms with Gasteiger partial charge < -0.3 is 10.2 Å². The van der Waals surface area contributed by atoms with E-state index >= 15 is 0 Å². The van der Waals surface area contributed by atoms with Crippen LogP contribution in [0.25, 0.3) is 0 Å². The van der Waals surface area contributed by atoms with Crippen molar-refractivity contribution in [3.63, 3.8) is 0 Å². The molecule has 27 heavy (non-hydrogen) atoms. The average Bonchev–Trinajstić information content (AvgIpc) is 2.69. The average molecular weight is 356 g/mol. The number of fused-ring (bicyclic) bond motifs is 1. The van der Waals surface area contributed by atoms with E-state index in [1.165, 1.54) is 5.56 Å². The largest absolute Gasteiger partial charge is 0.378 e. The molecule has 0 spiro atoms. The zero-order valence-electron chi connectivity index (χ0n) is 15.7. The molecule has 0 saturated carbocycles. The molecule has 3 aromatic rings. The van der Waals surface area contributed by atoms with Gasteiger partial charge in [-0.15, -0.1) is 0 Å². The summed E-state index contributed by atoms with van der Waals surface area (Å²) in [4.78, 5) is 15.2. The van der Waals surface area contributed by atoms with E-state index in [1.807, 2.05) is 66.4 Å². The topological polar surface area (TPSA) is 32.3 Å². The van der Waals surface area contributed by atoms with Crippen LogP contribution in [0.15, 0.2) is 78.9 Å². The Hall–Kier alpha value is -3.07. The van der Waals surface area contributed by atoms with Crippen molar-refractivity contribution in [2.75, 3.05) is 10.2 Å². The minimum atomic E-state index is 0.0631. The number of benzene rings is 3. The lowest BCUT2D eigenvalue weighted by Crippen LogP contribution is -2.44. The van der Waals surface area contributed by atoms with Crippen LogP contribution in [0.5, 0.6) is 0 Å². The van der Waals surface area contributed by atoms with Crippen LogP contribution in [0.4, 0.5) is 11.4 Å². The lowest BCUT2D eigenvalue weighted by atomic mass is 9.90. The minimum absolute atomic E-state index is 0.0631. The molecular formula is C24H24N2O.